The Bertz CT molecular complexity index is 1070. The number of sulfonamides is 1. The summed E-state index contributed by atoms with van der Waals surface area (Å²) >= 11 is 0. The van der Waals surface area contributed by atoms with Crippen LogP contribution >= 0.6 is 15.2 Å². The van der Waals surface area contributed by atoms with Crippen molar-refractivity contribution in [2.24, 2.45) is 0 Å². The van der Waals surface area contributed by atoms with E-state index in [4.69, 9.17) is 0 Å². The molecule has 158 valence electrons. The zero-order valence-corrected chi connectivity index (χ0v) is 17.4. The number of benzene rings is 1. The van der Waals surface area contributed by atoms with Crippen LogP contribution in [0, 0.1) is 0 Å². The average Bonchev–Trinajstić information content (AvgIpc) is 3.41. The summed E-state index contributed by atoms with van der Waals surface area (Å²) in [5.41, 5.74) is -1.43. The molecule has 1 aromatic carbocycles. The third-order valence-electron chi connectivity index (χ3n) is 4.07. The van der Waals surface area contributed by atoms with Gasteiger partial charge < -0.3 is 24.9 Å². The molecule has 14 heteroatoms. The highest BCUT2D eigenvalue weighted by atomic mass is 32.2. The third kappa shape index (κ3) is 5.71. The van der Waals surface area contributed by atoms with E-state index in [1.807, 2.05) is 0 Å². The van der Waals surface area contributed by atoms with E-state index in [1.54, 1.807) is 0 Å². The van der Waals surface area contributed by atoms with Crippen molar-refractivity contribution in [1.82, 2.24) is 9.71 Å². The van der Waals surface area contributed by atoms with E-state index >= 15 is 0 Å². The topological polar surface area (TPSA) is 186 Å². The Hall–Kier alpha value is -1.62. The van der Waals surface area contributed by atoms with E-state index in [9.17, 15) is 37.1 Å². The number of pyridine rings is 1. The second kappa shape index (κ2) is 7.90. The van der Waals surface area contributed by atoms with E-state index in [2.05, 4.69) is 15.0 Å². The van der Waals surface area contributed by atoms with Crippen LogP contribution in [0.5, 0.6) is 0 Å². The minimum atomic E-state index is -5.16. The molecule has 0 aliphatic heterocycles. The van der Waals surface area contributed by atoms with Crippen molar-refractivity contribution < 1.29 is 37.1 Å². The zero-order valence-electron chi connectivity index (χ0n) is 14.8. The zero-order chi connectivity index (χ0) is 21.4. The fourth-order valence-electron chi connectivity index (χ4n) is 2.51. The van der Waals surface area contributed by atoms with E-state index in [1.165, 1.54) is 36.5 Å². The van der Waals surface area contributed by atoms with Gasteiger partial charge >= 0.3 is 15.2 Å². The molecule has 29 heavy (non-hydrogen) atoms. The molecule has 1 aliphatic rings. The van der Waals surface area contributed by atoms with Gasteiger partial charge in [-0.15, -0.1) is 0 Å². The van der Waals surface area contributed by atoms with E-state index < -0.39 is 30.7 Å². The molecule has 2 aromatic rings. The Kier molecular flexibility index (Phi) is 6.01. The van der Waals surface area contributed by atoms with Gasteiger partial charge in [0.15, 0.2) is 0 Å². The molecule has 0 radical (unpaired) electrons. The molecule has 0 unspecified atom stereocenters. The minimum absolute atomic E-state index is 0.0220. The Balaban J connectivity index is 1.84. The maximum atomic E-state index is 12.2. The van der Waals surface area contributed by atoms with Crippen LogP contribution in [-0.4, -0.2) is 44.5 Å². The van der Waals surface area contributed by atoms with E-state index in [0.29, 0.717) is 11.1 Å². The highest BCUT2D eigenvalue weighted by molar-refractivity contribution is 7.89. The molecule has 1 aromatic heterocycles. The number of hydrogen-bond acceptors (Lipinski definition) is 6. The summed E-state index contributed by atoms with van der Waals surface area (Å²) in [4.78, 5) is 40.8. The summed E-state index contributed by atoms with van der Waals surface area (Å²) < 4.78 is 49.8. The molecule has 0 saturated heterocycles. The van der Waals surface area contributed by atoms with E-state index in [0.717, 1.165) is 19.0 Å². The van der Waals surface area contributed by atoms with Gasteiger partial charge in [0, 0.05) is 17.8 Å². The van der Waals surface area contributed by atoms with Crippen molar-refractivity contribution in [3.63, 3.8) is 0 Å². The number of hydrogen-bond donors (Lipinski definition) is 6. The molecule has 11 nitrogen and oxygen atoms in total. The van der Waals surface area contributed by atoms with Crippen LogP contribution in [0.15, 0.2) is 47.6 Å². The van der Waals surface area contributed by atoms with Crippen molar-refractivity contribution in [3.8, 4) is 11.1 Å². The van der Waals surface area contributed by atoms with Gasteiger partial charge in [-0.25, -0.2) is 13.1 Å². The average molecular weight is 463 g/mol. The number of anilines is 1. The van der Waals surface area contributed by atoms with Gasteiger partial charge in [0.25, 0.3) is 0 Å². The molecule has 6 N–H and O–H groups in total. The maximum Gasteiger partial charge on any atom is 0.360 e. The Morgan fingerprint density at radius 3 is 2.07 bits per heavy atom. The monoisotopic (exact) mass is 463 g/mol. The smallest absolute Gasteiger partial charge is 0.360 e. The van der Waals surface area contributed by atoms with Crippen LogP contribution in [0.4, 0.5) is 5.69 Å². The van der Waals surface area contributed by atoms with Crippen molar-refractivity contribution >= 4 is 30.9 Å². The van der Waals surface area contributed by atoms with E-state index in [-0.39, 0.29) is 16.6 Å². The van der Waals surface area contributed by atoms with Gasteiger partial charge in [-0.2, -0.15) is 0 Å². The first-order valence-electron chi connectivity index (χ1n) is 8.31. The molecular formula is C15H19N3O8P2S. The van der Waals surface area contributed by atoms with Crippen molar-refractivity contribution in [2.75, 3.05) is 5.32 Å². The summed E-state index contributed by atoms with van der Waals surface area (Å²) in [6, 6.07) is 7.25. The second-order valence-electron chi connectivity index (χ2n) is 6.58. The highest BCUT2D eigenvalue weighted by Gasteiger charge is 2.43. The lowest BCUT2D eigenvalue weighted by molar-refractivity contribution is 0.343. The number of nitrogens with one attached hydrogen (secondary N) is 2. The van der Waals surface area contributed by atoms with Gasteiger partial charge in [0.05, 0.1) is 16.8 Å². The van der Waals surface area contributed by atoms with Crippen molar-refractivity contribution in [2.45, 2.75) is 29.3 Å². The van der Waals surface area contributed by atoms with Crippen molar-refractivity contribution in [1.29, 1.82) is 0 Å². The molecule has 0 amide bonds. The Labute approximate surface area is 166 Å². The highest BCUT2D eigenvalue weighted by Crippen LogP contribution is 2.59. The summed E-state index contributed by atoms with van der Waals surface area (Å²) in [6.07, 6.45) is 4.20. The van der Waals surface area contributed by atoms with Crippen molar-refractivity contribution in [3.05, 3.63) is 42.7 Å². The quantitative estimate of drug-likeness (QED) is 0.311. The van der Waals surface area contributed by atoms with Gasteiger partial charge in [0.1, 0.15) is 0 Å². The molecule has 1 fully saturated rings. The summed E-state index contributed by atoms with van der Waals surface area (Å²) in [5.74, 6) is 0. The van der Waals surface area contributed by atoms with Crippen LogP contribution in [0.2, 0.25) is 0 Å². The fraction of sp³-hybridized carbons (Fsp3) is 0.267. The summed E-state index contributed by atoms with van der Waals surface area (Å²) in [7, 11) is -13.9. The number of aromatic nitrogens is 1. The number of rotatable bonds is 8. The third-order valence-corrected chi connectivity index (χ3v) is 8.94. The molecule has 3 rings (SSSR count). The second-order valence-corrected chi connectivity index (χ2v) is 12.1. The van der Waals surface area contributed by atoms with Gasteiger partial charge in [0.2, 0.25) is 15.5 Å². The largest absolute Gasteiger partial charge is 0.360 e. The van der Waals surface area contributed by atoms with Gasteiger partial charge in [-0.05, 0) is 36.6 Å². The molecule has 1 saturated carbocycles. The molecule has 0 atom stereocenters. The Morgan fingerprint density at radius 2 is 1.55 bits per heavy atom. The lowest BCUT2D eigenvalue weighted by atomic mass is 10.1. The van der Waals surface area contributed by atoms with Crippen LogP contribution < -0.4 is 10.0 Å². The van der Waals surface area contributed by atoms with Crippen LogP contribution in [0.1, 0.15) is 12.8 Å². The minimum Gasteiger partial charge on any atom is -0.360 e. The lowest BCUT2D eigenvalue weighted by Crippen LogP contribution is -2.25. The normalized spacial score (nSPS) is 15.5. The SMILES string of the molecule is O=P(O)(O)C(Nc1cncc(-c2ccc(S(=O)(=O)NC3CC3)cc2)c1)P(=O)(O)O. The first kappa shape index (κ1) is 22.1. The molecular weight excluding hydrogens is 444 g/mol. The first-order valence-corrected chi connectivity index (χ1v) is 13.2. The molecule has 1 aliphatic carbocycles. The molecule has 0 bridgehead atoms. The summed E-state index contributed by atoms with van der Waals surface area (Å²) in [6.45, 7) is 0. The van der Waals surface area contributed by atoms with Crippen LogP contribution in [-0.2, 0) is 19.2 Å². The molecule has 0 spiro atoms. The number of nitrogens with zero attached hydrogens (tertiary/aromatic N) is 1. The predicted molar refractivity (Wildman–Crippen MR) is 105 cm³/mol. The molecule has 1 heterocycles. The first-order chi connectivity index (χ1) is 13.4. The lowest BCUT2D eigenvalue weighted by Gasteiger charge is -2.21. The standard InChI is InChI=1S/C15H19N3O8P2S/c19-27(20,21)15(28(22,23)24)17-13-7-11(8-16-9-13)10-1-5-14(6-2-10)29(25,26)18-12-3-4-12/h1-2,5-9,12,15,17-18H,3-4H2,(H2,19,20,21)(H2,22,23,24). The summed E-state index contributed by atoms with van der Waals surface area (Å²) in [5, 5.41) is 2.14. The van der Waals surface area contributed by atoms with Crippen LogP contribution in [0.3, 0.4) is 0 Å². The predicted octanol–water partition coefficient (Wildman–Crippen LogP) is 1.24. The Morgan fingerprint density at radius 1 is 0.966 bits per heavy atom. The maximum absolute atomic E-state index is 12.2. The van der Waals surface area contributed by atoms with Gasteiger partial charge in [-0.1, -0.05) is 12.1 Å². The van der Waals surface area contributed by atoms with Crippen LogP contribution in [0.25, 0.3) is 11.1 Å². The fourth-order valence-corrected chi connectivity index (χ4v) is 6.01. The van der Waals surface area contributed by atoms with Gasteiger partial charge in [-0.3, -0.25) is 14.1 Å².